The van der Waals surface area contributed by atoms with Crippen molar-refractivity contribution in [3.8, 4) is 5.75 Å². The molecule has 2 aromatic carbocycles. The Kier molecular flexibility index (Phi) is 5.67. The highest BCUT2D eigenvalue weighted by Gasteiger charge is 2.24. The van der Waals surface area contributed by atoms with Gasteiger partial charge < -0.3 is 10.1 Å². The molecule has 1 aliphatic heterocycles. The van der Waals surface area contributed by atoms with Crippen molar-refractivity contribution in [3.63, 3.8) is 0 Å². The largest absolute Gasteiger partial charge is 0.493 e. The summed E-state index contributed by atoms with van der Waals surface area (Å²) < 4.78 is 5.97. The zero-order valence-electron chi connectivity index (χ0n) is 16.9. The van der Waals surface area contributed by atoms with E-state index < -0.39 is 0 Å². The summed E-state index contributed by atoms with van der Waals surface area (Å²) in [5.74, 6) is 2.33. The number of amides is 1. The van der Waals surface area contributed by atoms with E-state index in [1.165, 1.54) is 29.5 Å². The van der Waals surface area contributed by atoms with Gasteiger partial charge in [-0.05, 0) is 59.1 Å². The maximum Gasteiger partial charge on any atom is 0.217 e. The minimum Gasteiger partial charge on any atom is -0.493 e. The lowest BCUT2D eigenvalue weighted by atomic mass is 9.90. The van der Waals surface area contributed by atoms with Gasteiger partial charge >= 0.3 is 0 Å². The Morgan fingerprint density at radius 3 is 2.61 bits per heavy atom. The van der Waals surface area contributed by atoms with Gasteiger partial charge in [-0.2, -0.15) is 0 Å². The molecule has 0 bridgehead atoms. The number of ether oxygens (including phenoxy) is 1. The van der Waals surface area contributed by atoms with Crippen LogP contribution >= 0.6 is 0 Å². The van der Waals surface area contributed by atoms with Crippen LogP contribution in [0.3, 0.4) is 0 Å². The molecule has 4 nitrogen and oxygen atoms in total. The quantitative estimate of drug-likeness (QED) is 0.784. The van der Waals surface area contributed by atoms with Gasteiger partial charge in [-0.25, -0.2) is 0 Å². The Labute approximate surface area is 167 Å². The molecule has 0 aromatic heterocycles. The van der Waals surface area contributed by atoms with Crippen LogP contribution in [0.25, 0.3) is 0 Å². The van der Waals surface area contributed by atoms with Crippen LogP contribution < -0.4 is 10.1 Å². The highest BCUT2D eigenvalue weighted by molar-refractivity contribution is 5.72. The zero-order chi connectivity index (χ0) is 19.5. The predicted molar refractivity (Wildman–Crippen MR) is 111 cm³/mol. The zero-order valence-corrected chi connectivity index (χ0v) is 16.9. The summed E-state index contributed by atoms with van der Waals surface area (Å²) in [5, 5.41) is 2.84. The molecule has 4 rings (SSSR count). The van der Waals surface area contributed by atoms with Crippen LogP contribution in [-0.2, 0) is 24.4 Å². The van der Waals surface area contributed by atoms with Gasteiger partial charge in [0.15, 0.2) is 0 Å². The van der Waals surface area contributed by atoms with Crippen LogP contribution in [0.5, 0.6) is 5.75 Å². The Morgan fingerprint density at radius 2 is 1.89 bits per heavy atom. The van der Waals surface area contributed by atoms with E-state index in [2.05, 4.69) is 59.6 Å². The first kappa shape index (κ1) is 19.0. The SMILES string of the molecule is CC(=O)NCc1ccc(CN2Cc3ccc(OCC4CC4)cc3C(C)C2)cc1. The molecule has 148 valence electrons. The summed E-state index contributed by atoms with van der Waals surface area (Å²) in [6.07, 6.45) is 2.65. The molecular formula is C24H30N2O2. The van der Waals surface area contributed by atoms with Crippen molar-refractivity contribution in [2.45, 2.75) is 52.2 Å². The highest BCUT2D eigenvalue weighted by atomic mass is 16.5. The average molecular weight is 379 g/mol. The third kappa shape index (κ3) is 4.93. The molecule has 4 heteroatoms. The van der Waals surface area contributed by atoms with E-state index in [1.807, 2.05) is 0 Å². The van der Waals surface area contributed by atoms with Gasteiger partial charge in [0.1, 0.15) is 5.75 Å². The molecule has 2 aliphatic rings. The molecule has 1 N–H and O–H groups in total. The molecule has 2 aromatic rings. The molecule has 1 saturated carbocycles. The Bertz CT molecular complexity index is 827. The number of rotatable bonds is 7. The molecule has 1 unspecified atom stereocenters. The van der Waals surface area contributed by atoms with E-state index in [-0.39, 0.29) is 5.91 Å². The van der Waals surface area contributed by atoms with E-state index in [0.717, 1.165) is 43.5 Å². The fourth-order valence-corrected chi connectivity index (χ4v) is 3.92. The van der Waals surface area contributed by atoms with Gasteiger partial charge in [-0.1, -0.05) is 37.3 Å². The molecule has 1 fully saturated rings. The number of carbonyl (C=O) groups excluding carboxylic acids is 1. The molecule has 0 spiro atoms. The molecule has 0 saturated heterocycles. The lowest BCUT2D eigenvalue weighted by Gasteiger charge is -2.33. The van der Waals surface area contributed by atoms with Crippen molar-refractivity contribution in [2.24, 2.45) is 5.92 Å². The van der Waals surface area contributed by atoms with Gasteiger partial charge in [0, 0.05) is 33.1 Å². The van der Waals surface area contributed by atoms with E-state index >= 15 is 0 Å². The number of fused-ring (bicyclic) bond motifs is 1. The van der Waals surface area contributed by atoms with Crippen LogP contribution in [-0.4, -0.2) is 24.0 Å². The van der Waals surface area contributed by atoms with Gasteiger partial charge in [0.25, 0.3) is 0 Å². The predicted octanol–water partition coefficient (Wildman–Crippen LogP) is 4.23. The first-order chi connectivity index (χ1) is 13.6. The van der Waals surface area contributed by atoms with Crippen LogP contribution in [0, 0.1) is 5.92 Å². The Hall–Kier alpha value is -2.33. The summed E-state index contributed by atoms with van der Waals surface area (Å²) in [6, 6.07) is 15.2. The van der Waals surface area contributed by atoms with Crippen molar-refractivity contribution in [3.05, 3.63) is 64.7 Å². The molecule has 1 atom stereocenters. The second kappa shape index (κ2) is 8.36. The maximum absolute atomic E-state index is 11.0. The number of nitrogens with one attached hydrogen (secondary N) is 1. The summed E-state index contributed by atoms with van der Waals surface area (Å²) in [4.78, 5) is 13.6. The topological polar surface area (TPSA) is 41.6 Å². The standard InChI is InChI=1S/C24H30N2O2/c1-17-13-26(14-20-5-3-19(4-6-20)12-25-18(2)27)15-22-9-10-23(11-24(17)22)28-16-21-7-8-21/h3-6,9-11,17,21H,7-8,12-16H2,1-2H3,(H,25,27). The minimum atomic E-state index is 0.00569. The van der Waals surface area contributed by atoms with E-state index in [4.69, 9.17) is 4.74 Å². The molecule has 1 heterocycles. The number of benzene rings is 2. The third-order valence-corrected chi connectivity index (χ3v) is 5.73. The van der Waals surface area contributed by atoms with Gasteiger partial charge in [0.05, 0.1) is 6.61 Å². The van der Waals surface area contributed by atoms with Gasteiger partial charge in [0.2, 0.25) is 5.91 Å². The van der Waals surface area contributed by atoms with Gasteiger partial charge in [-0.15, -0.1) is 0 Å². The van der Waals surface area contributed by atoms with Crippen LogP contribution in [0.2, 0.25) is 0 Å². The highest BCUT2D eigenvalue weighted by Crippen LogP contribution is 2.33. The van der Waals surface area contributed by atoms with Gasteiger partial charge in [-0.3, -0.25) is 9.69 Å². The van der Waals surface area contributed by atoms with Crippen molar-refractivity contribution < 1.29 is 9.53 Å². The summed E-state index contributed by atoms with van der Waals surface area (Å²) in [7, 11) is 0. The Balaban J connectivity index is 1.36. The second-order valence-corrected chi connectivity index (χ2v) is 8.41. The summed E-state index contributed by atoms with van der Waals surface area (Å²) in [5.41, 5.74) is 5.30. The lowest BCUT2D eigenvalue weighted by Crippen LogP contribution is -2.32. The molecular weight excluding hydrogens is 348 g/mol. The first-order valence-corrected chi connectivity index (χ1v) is 10.4. The molecule has 1 amide bonds. The van der Waals surface area contributed by atoms with Crippen LogP contribution in [0.1, 0.15) is 54.9 Å². The van der Waals surface area contributed by atoms with E-state index in [9.17, 15) is 4.79 Å². The smallest absolute Gasteiger partial charge is 0.217 e. The summed E-state index contributed by atoms with van der Waals surface area (Å²) in [6.45, 7) is 8.32. The Morgan fingerprint density at radius 1 is 1.14 bits per heavy atom. The lowest BCUT2D eigenvalue weighted by molar-refractivity contribution is -0.119. The monoisotopic (exact) mass is 378 g/mol. The van der Waals surface area contributed by atoms with Crippen molar-refractivity contribution in [1.82, 2.24) is 10.2 Å². The summed E-state index contributed by atoms with van der Waals surface area (Å²) >= 11 is 0. The van der Waals surface area contributed by atoms with Crippen LogP contribution in [0.15, 0.2) is 42.5 Å². The van der Waals surface area contributed by atoms with Crippen molar-refractivity contribution >= 4 is 5.91 Å². The van der Waals surface area contributed by atoms with Crippen LogP contribution in [0.4, 0.5) is 0 Å². The third-order valence-electron chi connectivity index (χ3n) is 5.73. The molecule has 1 aliphatic carbocycles. The molecule has 28 heavy (non-hydrogen) atoms. The average Bonchev–Trinajstić information content (AvgIpc) is 3.50. The van der Waals surface area contributed by atoms with Crippen molar-refractivity contribution in [1.29, 1.82) is 0 Å². The second-order valence-electron chi connectivity index (χ2n) is 8.41. The number of nitrogens with zero attached hydrogens (tertiary/aromatic N) is 1. The fourth-order valence-electron chi connectivity index (χ4n) is 3.92. The number of hydrogen-bond acceptors (Lipinski definition) is 3. The fraction of sp³-hybridized carbons (Fsp3) is 0.458. The molecule has 0 radical (unpaired) electrons. The number of carbonyl (C=O) groups is 1. The minimum absolute atomic E-state index is 0.00569. The van der Waals surface area contributed by atoms with Crippen molar-refractivity contribution in [2.75, 3.05) is 13.2 Å². The maximum atomic E-state index is 11.0. The normalized spacial score (nSPS) is 19.1. The van der Waals surface area contributed by atoms with E-state index in [1.54, 1.807) is 6.92 Å². The van der Waals surface area contributed by atoms with E-state index in [0.29, 0.717) is 12.5 Å². The number of hydrogen-bond donors (Lipinski definition) is 1. The first-order valence-electron chi connectivity index (χ1n) is 10.4.